The molecule has 114 valence electrons. The summed E-state index contributed by atoms with van der Waals surface area (Å²) >= 11 is 0. The third kappa shape index (κ3) is 4.77. The van der Waals surface area contributed by atoms with E-state index >= 15 is 0 Å². The Morgan fingerprint density at radius 1 is 1.33 bits per heavy atom. The minimum absolute atomic E-state index is 0.0222. The molecular weight excluding hydrogens is 268 g/mol. The van der Waals surface area contributed by atoms with E-state index in [2.05, 4.69) is 5.32 Å². The number of para-hydroxylation sites is 1. The highest BCUT2D eigenvalue weighted by Crippen LogP contribution is 2.17. The Kier molecular flexibility index (Phi) is 5.60. The van der Waals surface area contributed by atoms with Crippen LogP contribution in [0.5, 0.6) is 5.75 Å². The van der Waals surface area contributed by atoms with E-state index in [1.165, 1.54) is 0 Å². The minimum Gasteiger partial charge on any atom is -0.508 e. The van der Waals surface area contributed by atoms with Gasteiger partial charge in [-0.05, 0) is 30.9 Å². The number of rotatable bonds is 7. The summed E-state index contributed by atoms with van der Waals surface area (Å²) in [6, 6.07) is 7.06. The van der Waals surface area contributed by atoms with Gasteiger partial charge in [0, 0.05) is 32.5 Å². The maximum Gasteiger partial charge on any atom is 0.222 e. The van der Waals surface area contributed by atoms with Gasteiger partial charge in [0.1, 0.15) is 5.75 Å². The number of aromatic hydroxyl groups is 1. The molecule has 21 heavy (non-hydrogen) atoms. The zero-order valence-corrected chi connectivity index (χ0v) is 12.2. The second-order valence-corrected chi connectivity index (χ2v) is 5.32. The third-order valence-corrected chi connectivity index (χ3v) is 3.71. The van der Waals surface area contributed by atoms with Crippen LogP contribution in [0.2, 0.25) is 0 Å². The van der Waals surface area contributed by atoms with Crippen LogP contribution in [0.25, 0.3) is 0 Å². The summed E-state index contributed by atoms with van der Waals surface area (Å²) in [5, 5.41) is 12.5. The van der Waals surface area contributed by atoms with Gasteiger partial charge in [0.25, 0.3) is 0 Å². The Balaban J connectivity index is 1.59. The van der Waals surface area contributed by atoms with Crippen molar-refractivity contribution in [2.24, 2.45) is 0 Å². The predicted molar refractivity (Wildman–Crippen MR) is 79.9 cm³/mol. The molecule has 1 saturated heterocycles. The van der Waals surface area contributed by atoms with Crippen molar-refractivity contribution in [1.29, 1.82) is 0 Å². The van der Waals surface area contributed by atoms with Crippen molar-refractivity contribution in [3.63, 3.8) is 0 Å². The van der Waals surface area contributed by atoms with Crippen LogP contribution in [0, 0.1) is 0 Å². The fourth-order valence-electron chi connectivity index (χ4n) is 2.50. The predicted octanol–water partition coefficient (Wildman–Crippen LogP) is 1.45. The van der Waals surface area contributed by atoms with Crippen molar-refractivity contribution in [2.45, 2.75) is 32.1 Å². The first-order valence-electron chi connectivity index (χ1n) is 7.48. The smallest absolute Gasteiger partial charge is 0.222 e. The summed E-state index contributed by atoms with van der Waals surface area (Å²) in [7, 11) is 0. The third-order valence-electron chi connectivity index (χ3n) is 3.71. The van der Waals surface area contributed by atoms with Crippen LogP contribution in [0.3, 0.4) is 0 Å². The quantitative estimate of drug-likeness (QED) is 0.747. The Labute approximate surface area is 125 Å². The van der Waals surface area contributed by atoms with E-state index in [0.717, 1.165) is 31.5 Å². The van der Waals surface area contributed by atoms with Crippen LogP contribution in [0.15, 0.2) is 24.3 Å². The van der Waals surface area contributed by atoms with Crippen LogP contribution in [-0.4, -0.2) is 41.5 Å². The molecule has 1 aromatic rings. The molecule has 1 heterocycles. The van der Waals surface area contributed by atoms with Crippen LogP contribution >= 0.6 is 0 Å². The van der Waals surface area contributed by atoms with E-state index in [1.54, 1.807) is 12.1 Å². The maximum absolute atomic E-state index is 11.7. The monoisotopic (exact) mass is 290 g/mol. The number of phenols is 1. The molecule has 2 N–H and O–H groups in total. The topological polar surface area (TPSA) is 69.6 Å². The van der Waals surface area contributed by atoms with Crippen LogP contribution < -0.4 is 5.32 Å². The SMILES string of the molecule is O=C(CCc1ccccc1O)NCCCN1CCCC1=O. The van der Waals surface area contributed by atoms with Crippen molar-refractivity contribution < 1.29 is 14.7 Å². The number of nitrogens with one attached hydrogen (secondary N) is 1. The lowest BCUT2D eigenvalue weighted by atomic mass is 10.1. The number of phenolic OH excluding ortho intramolecular Hbond substituents is 1. The molecule has 0 radical (unpaired) electrons. The Bertz CT molecular complexity index is 502. The summed E-state index contributed by atoms with van der Waals surface area (Å²) in [5.74, 6) is 0.435. The van der Waals surface area contributed by atoms with Crippen molar-refractivity contribution in [2.75, 3.05) is 19.6 Å². The number of aryl methyl sites for hydroxylation is 1. The largest absolute Gasteiger partial charge is 0.508 e. The second-order valence-electron chi connectivity index (χ2n) is 5.32. The summed E-state index contributed by atoms with van der Waals surface area (Å²) in [5.41, 5.74) is 0.787. The van der Waals surface area contributed by atoms with E-state index in [0.29, 0.717) is 25.8 Å². The Morgan fingerprint density at radius 3 is 2.86 bits per heavy atom. The zero-order valence-electron chi connectivity index (χ0n) is 12.2. The van der Waals surface area contributed by atoms with E-state index in [1.807, 2.05) is 17.0 Å². The minimum atomic E-state index is -0.0222. The molecule has 5 heteroatoms. The number of hydrogen-bond acceptors (Lipinski definition) is 3. The Hall–Kier alpha value is -2.04. The van der Waals surface area contributed by atoms with Gasteiger partial charge in [-0.15, -0.1) is 0 Å². The summed E-state index contributed by atoms with van der Waals surface area (Å²) in [6.07, 6.45) is 3.29. The fraction of sp³-hybridized carbons (Fsp3) is 0.500. The normalized spacial score (nSPS) is 14.5. The van der Waals surface area contributed by atoms with Crippen molar-refractivity contribution in [3.8, 4) is 5.75 Å². The number of amides is 2. The summed E-state index contributed by atoms with van der Waals surface area (Å²) < 4.78 is 0. The molecule has 2 rings (SSSR count). The first kappa shape index (κ1) is 15.4. The van der Waals surface area contributed by atoms with Crippen LogP contribution in [0.1, 0.15) is 31.2 Å². The van der Waals surface area contributed by atoms with Crippen molar-refractivity contribution in [3.05, 3.63) is 29.8 Å². The average Bonchev–Trinajstić information content (AvgIpc) is 2.88. The molecule has 0 aromatic heterocycles. The second kappa shape index (κ2) is 7.67. The standard InChI is InChI=1S/C16H22N2O3/c19-14-6-2-1-5-13(14)8-9-15(20)17-10-4-12-18-11-3-7-16(18)21/h1-2,5-6,19H,3-4,7-12H2,(H,17,20). The molecule has 0 aliphatic carbocycles. The molecular formula is C16H22N2O3. The number of nitrogens with zero attached hydrogens (tertiary/aromatic N) is 1. The highest BCUT2D eigenvalue weighted by atomic mass is 16.3. The molecule has 0 atom stereocenters. The van der Waals surface area contributed by atoms with Gasteiger partial charge in [-0.2, -0.15) is 0 Å². The molecule has 1 aromatic carbocycles. The fourth-order valence-corrected chi connectivity index (χ4v) is 2.50. The molecule has 0 spiro atoms. The first-order chi connectivity index (χ1) is 10.2. The van der Waals surface area contributed by atoms with E-state index in [9.17, 15) is 14.7 Å². The van der Waals surface area contributed by atoms with Gasteiger partial charge in [-0.1, -0.05) is 18.2 Å². The lowest BCUT2D eigenvalue weighted by Crippen LogP contribution is -2.30. The van der Waals surface area contributed by atoms with Gasteiger partial charge < -0.3 is 15.3 Å². The number of carbonyl (C=O) groups is 2. The molecule has 0 unspecified atom stereocenters. The van der Waals surface area contributed by atoms with Crippen LogP contribution in [-0.2, 0) is 16.0 Å². The number of benzene rings is 1. The van der Waals surface area contributed by atoms with Crippen molar-refractivity contribution >= 4 is 11.8 Å². The molecule has 0 bridgehead atoms. The highest BCUT2D eigenvalue weighted by molar-refractivity contribution is 5.78. The lowest BCUT2D eigenvalue weighted by molar-refractivity contribution is -0.127. The first-order valence-corrected chi connectivity index (χ1v) is 7.48. The van der Waals surface area contributed by atoms with Gasteiger partial charge in [0.05, 0.1) is 0 Å². The molecule has 0 saturated carbocycles. The van der Waals surface area contributed by atoms with Crippen molar-refractivity contribution in [1.82, 2.24) is 10.2 Å². The molecule has 1 aliphatic rings. The maximum atomic E-state index is 11.7. The molecule has 5 nitrogen and oxygen atoms in total. The lowest BCUT2D eigenvalue weighted by Gasteiger charge is -2.15. The Morgan fingerprint density at radius 2 is 2.14 bits per heavy atom. The van der Waals surface area contributed by atoms with E-state index in [-0.39, 0.29) is 17.6 Å². The molecule has 1 aliphatic heterocycles. The molecule has 2 amide bonds. The number of carbonyl (C=O) groups excluding carboxylic acids is 2. The van der Waals surface area contributed by atoms with Crippen LogP contribution in [0.4, 0.5) is 0 Å². The summed E-state index contributed by atoms with van der Waals surface area (Å²) in [4.78, 5) is 25.0. The van der Waals surface area contributed by atoms with Gasteiger partial charge in [-0.25, -0.2) is 0 Å². The van der Waals surface area contributed by atoms with E-state index in [4.69, 9.17) is 0 Å². The zero-order chi connectivity index (χ0) is 15.1. The average molecular weight is 290 g/mol. The van der Waals surface area contributed by atoms with Gasteiger partial charge in [0.2, 0.25) is 11.8 Å². The van der Waals surface area contributed by atoms with Gasteiger partial charge in [-0.3, -0.25) is 9.59 Å². The highest BCUT2D eigenvalue weighted by Gasteiger charge is 2.18. The van der Waals surface area contributed by atoms with Gasteiger partial charge >= 0.3 is 0 Å². The van der Waals surface area contributed by atoms with E-state index < -0.39 is 0 Å². The number of hydrogen-bond donors (Lipinski definition) is 2. The molecule has 1 fully saturated rings. The summed E-state index contributed by atoms with van der Waals surface area (Å²) in [6.45, 7) is 2.15. The van der Waals surface area contributed by atoms with Gasteiger partial charge in [0.15, 0.2) is 0 Å². The number of likely N-dealkylation sites (tertiary alicyclic amines) is 1.